The van der Waals surface area contributed by atoms with E-state index in [0.717, 1.165) is 13.1 Å². The second kappa shape index (κ2) is 8.12. The fourth-order valence-electron chi connectivity index (χ4n) is 2.57. The fraction of sp³-hybridized carbons (Fsp3) is 0.438. The van der Waals surface area contributed by atoms with Crippen molar-refractivity contribution in [3.63, 3.8) is 0 Å². The number of halogens is 1. The van der Waals surface area contributed by atoms with E-state index in [9.17, 15) is 4.79 Å². The first-order valence-electron chi connectivity index (χ1n) is 7.66. The number of carbonyl (C=O) groups excluding carboxylic acids is 1. The SMILES string of the molecule is Cc1nc(COc2cccc(C(=O)N3CCN[C@H](C)C3)c2)no1.Cl. The number of ether oxygens (including phenoxy) is 1. The van der Waals surface area contributed by atoms with Gasteiger partial charge >= 0.3 is 0 Å². The summed E-state index contributed by atoms with van der Waals surface area (Å²) in [5.41, 5.74) is 0.626. The third-order valence-electron chi connectivity index (χ3n) is 3.67. The van der Waals surface area contributed by atoms with E-state index >= 15 is 0 Å². The molecule has 3 rings (SSSR count). The Balaban J connectivity index is 0.00000208. The maximum absolute atomic E-state index is 12.6. The third kappa shape index (κ3) is 4.46. The summed E-state index contributed by atoms with van der Waals surface area (Å²) in [5.74, 6) is 1.62. The number of benzene rings is 1. The van der Waals surface area contributed by atoms with Gasteiger partial charge in [-0.3, -0.25) is 4.79 Å². The van der Waals surface area contributed by atoms with Crippen LogP contribution in [0.5, 0.6) is 5.75 Å². The highest BCUT2D eigenvalue weighted by molar-refractivity contribution is 5.94. The molecule has 0 saturated carbocycles. The van der Waals surface area contributed by atoms with Gasteiger partial charge in [-0.25, -0.2) is 0 Å². The number of aryl methyl sites for hydroxylation is 1. The Morgan fingerprint density at radius 2 is 2.33 bits per heavy atom. The predicted octanol–water partition coefficient (Wildman–Crippen LogP) is 1.81. The van der Waals surface area contributed by atoms with Gasteiger partial charge in [-0.05, 0) is 25.1 Å². The maximum atomic E-state index is 12.6. The topological polar surface area (TPSA) is 80.5 Å². The largest absolute Gasteiger partial charge is 0.485 e. The zero-order chi connectivity index (χ0) is 16.2. The van der Waals surface area contributed by atoms with Gasteiger partial charge in [0.1, 0.15) is 5.75 Å². The van der Waals surface area contributed by atoms with Crippen LogP contribution in [0.1, 0.15) is 29.0 Å². The van der Waals surface area contributed by atoms with Gasteiger partial charge in [0, 0.05) is 38.2 Å². The molecule has 1 amide bonds. The third-order valence-corrected chi connectivity index (χ3v) is 3.67. The molecule has 0 aliphatic carbocycles. The van der Waals surface area contributed by atoms with Gasteiger partial charge in [-0.2, -0.15) is 4.98 Å². The highest BCUT2D eigenvalue weighted by Crippen LogP contribution is 2.17. The molecule has 7 nitrogen and oxygen atoms in total. The molecule has 1 saturated heterocycles. The Hall–Kier alpha value is -2.12. The molecule has 2 heterocycles. The van der Waals surface area contributed by atoms with Crippen molar-refractivity contribution in [1.29, 1.82) is 0 Å². The molecule has 1 aromatic carbocycles. The highest BCUT2D eigenvalue weighted by Gasteiger charge is 2.21. The van der Waals surface area contributed by atoms with Crippen LogP contribution in [0, 0.1) is 6.92 Å². The summed E-state index contributed by atoms with van der Waals surface area (Å²) < 4.78 is 10.5. The summed E-state index contributed by atoms with van der Waals surface area (Å²) in [6.45, 7) is 6.26. The van der Waals surface area contributed by atoms with Crippen molar-refractivity contribution in [3.8, 4) is 5.75 Å². The number of amides is 1. The molecule has 1 N–H and O–H groups in total. The van der Waals surface area contributed by atoms with Crippen molar-refractivity contribution in [2.75, 3.05) is 19.6 Å². The van der Waals surface area contributed by atoms with Crippen LogP contribution in [0.4, 0.5) is 0 Å². The van der Waals surface area contributed by atoms with Crippen LogP contribution in [0.3, 0.4) is 0 Å². The van der Waals surface area contributed by atoms with Crippen LogP contribution >= 0.6 is 12.4 Å². The highest BCUT2D eigenvalue weighted by atomic mass is 35.5. The van der Waals surface area contributed by atoms with E-state index in [1.165, 1.54) is 0 Å². The molecule has 0 unspecified atom stereocenters. The number of hydrogen-bond acceptors (Lipinski definition) is 6. The lowest BCUT2D eigenvalue weighted by molar-refractivity contribution is 0.0708. The summed E-state index contributed by atoms with van der Waals surface area (Å²) in [4.78, 5) is 18.5. The molecule has 0 bridgehead atoms. The summed E-state index contributed by atoms with van der Waals surface area (Å²) in [6, 6.07) is 7.50. The molecule has 0 spiro atoms. The zero-order valence-electron chi connectivity index (χ0n) is 13.7. The fourth-order valence-corrected chi connectivity index (χ4v) is 2.57. The van der Waals surface area contributed by atoms with Crippen LogP contribution in [-0.2, 0) is 6.61 Å². The normalized spacial score (nSPS) is 17.2. The molecule has 130 valence electrons. The first-order valence-corrected chi connectivity index (χ1v) is 7.66. The minimum atomic E-state index is 0. The Bertz CT molecular complexity index is 691. The zero-order valence-corrected chi connectivity index (χ0v) is 14.5. The number of nitrogens with zero attached hydrogens (tertiary/aromatic N) is 3. The van der Waals surface area contributed by atoms with Crippen LogP contribution in [0.2, 0.25) is 0 Å². The van der Waals surface area contributed by atoms with E-state index in [0.29, 0.717) is 35.6 Å². The first-order chi connectivity index (χ1) is 11.1. The van der Waals surface area contributed by atoms with E-state index < -0.39 is 0 Å². The molecular weight excluding hydrogens is 332 g/mol. The molecule has 1 aliphatic rings. The van der Waals surface area contributed by atoms with Crippen molar-refractivity contribution < 1.29 is 14.1 Å². The van der Waals surface area contributed by atoms with Crippen LogP contribution in [-0.4, -0.2) is 46.6 Å². The Morgan fingerprint density at radius 1 is 1.50 bits per heavy atom. The molecule has 8 heteroatoms. The van der Waals surface area contributed by atoms with Gasteiger partial charge in [-0.15, -0.1) is 12.4 Å². The van der Waals surface area contributed by atoms with Crippen LogP contribution < -0.4 is 10.1 Å². The summed E-state index contributed by atoms with van der Waals surface area (Å²) >= 11 is 0. The van der Waals surface area contributed by atoms with Crippen LogP contribution in [0.25, 0.3) is 0 Å². The van der Waals surface area contributed by atoms with E-state index in [1.807, 2.05) is 17.0 Å². The Labute approximate surface area is 146 Å². The smallest absolute Gasteiger partial charge is 0.254 e. The van der Waals surface area contributed by atoms with E-state index in [1.54, 1.807) is 19.1 Å². The van der Waals surface area contributed by atoms with Gasteiger partial charge < -0.3 is 19.5 Å². The minimum Gasteiger partial charge on any atom is -0.485 e. The summed E-state index contributed by atoms with van der Waals surface area (Å²) in [5, 5.41) is 7.11. The van der Waals surface area contributed by atoms with Crippen molar-refractivity contribution in [2.24, 2.45) is 0 Å². The molecule has 24 heavy (non-hydrogen) atoms. The Morgan fingerprint density at radius 3 is 3.04 bits per heavy atom. The van der Waals surface area contributed by atoms with Crippen molar-refractivity contribution in [2.45, 2.75) is 26.5 Å². The van der Waals surface area contributed by atoms with E-state index in [-0.39, 0.29) is 24.9 Å². The molecular formula is C16H21ClN4O3. The molecule has 1 aromatic heterocycles. The van der Waals surface area contributed by atoms with Gasteiger partial charge in [0.25, 0.3) is 5.91 Å². The van der Waals surface area contributed by atoms with Gasteiger partial charge in [0.15, 0.2) is 6.61 Å². The summed E-state index contributed by atoms with van der Waals surface area (Å²) in [7, 11) is 0. The lowest BCUT2D eigenvalue weighted by Crippen LogP contribution is -2.51. The van der Waals surface area contributed by atoms with Crippen molar-refractivity contribution >= 4 is 18.3 Å². The van der Waals surface area contributed by atoms with Crippen molar-refractivity contribution in [1.82, 2.24) is 20.4 Å². The second-order valence-electron chi connectivity index (χ2n) is 5.65. The lowest BCUT2D eigenvalue weighted by Gasteiger charge is -2.32. The van der Waals surface area contributed by atoms with Gasteiger partial charge in [-0.1, -0.05) is 11.2 Å². The number of aromatic nitrogens is 2. The van der Waals surface area contributed by atoms with Gasteiger partial charge in [0.05, 0.1) is 0 Å². The van der Waals surface area contributed by atoms with Crippen molar-refractivity contribution in [3.05, 3.63) is 41.5 Å². The lowest BCUT2D eigenvalue weighted by atomic mass is 10.1. The van der Waals surface area contributed by atoms with Gasteiger partial charge in [0.2, 0.25) is 11.7 Å². The number of hydrogen-bond donors (Lipinski definition) is 1. The number of rotatable bonds is 4. The molecule has 0 radical (unpaired) electrons. The molecule has 1 aliphatic heterocycles. The average Bonchev–Trinajstić information content (AvgIpc) is 2.98. The minimum absolute atomic E-state index is 0. The number of piperazine rings is 1. The molecule has 1 fully saturated rings. The Kier molecular flexibility index (Phi) is 6.16. The number of nitrogens with one attached hydrogen (secondary N) is 1. The average molecular weight is 353 g/mol. The number of carbonyl (C=O) groups is 1. The molecule has 1 atom stereocenters. The summed E-state index contributed by atoms with van der Waals surface area (Å²) in [6.07, 6.45) is 0. The first kappa shape index (κ1) is 18.2. The second-order valence-corrected chi connectivity index (χ2v) is 5.65. The monoisotopic (exact) mass is 352 g/mol. The standard InChI is InChI=1S/C16H20N4O3.ClH/c1-11-9-20(7-6-17-11)16(21)13-4-3-5-14(8-13)22-10-15-18-12(2)23-19-15;/h3-5,8,11,17H,6-7,9-10H2,1-2H3;1H/t11-;/m1./s1. The maximum Gasteiger partial charge on any atom is 0.254 e. The van der Waals surface area contributed by atoms with E-state index in [2.05, 4.69) is 22.4 Å². The predicted molar refractivity (Wildman–Crippen MR) is 90.4 cm³/mol. The van der Waals surface area contributed by atoms with Crippen LogP contribution in [0.15, 0.2) is 28.8 Å². The quantitative estimate of drug-likeness (QED) is 0.904. The molecule has 2 aromatic rings. The van der Waals surface area contributed by atoms with E-state index in [4.69, 9.17) is 9.26 Å².